The maximum Gasteiger partial charge on any atom is 0.343 e. The molecule has 7 heteroatoms. The molecular formula is C21H15ClO6. The molecule has 0 amide bonds. The Labute approximate surface area is 166 Å². The van der Waals surface area contributed by atoms with Crippen LogP contribution in [0, 0.1) is 0 Å². The molecule has 0 N–H and O–H groups in total. The number of carbonyl (C=O) groups excluding carboxylic acids is 3. The molecular weight excluding hydrogens is 384 g/mol. The summed E-state index contributed by atoms with van der Waals surface area (Å²) < 4.78 is 15.5. The lowest BCUT2D eigenvalue weighted by molar-refractivity contribution is -0.132. The van der Waals surface area contributed by atoms with E-state index >= 15 is 0 Å². The highest BCUT2D eigenvalue weighted by Gasteiger charge is 2.22. The van der Waals surface area contributed by atoms with Crippen molar-refractivity contribution in [3.8, 4) is 11.5 Å². The lowest BCUT2D eigenvalue weighted by Gasteiger charge is -2.08. The van der Waals surface area contributed by atoms with Gasteiger partial charge in [0, 0.05) is 36.1 Å². The Kier molecular flexibility index (Phi) is 5.61. The van der Waals surface area contributed by atoms with Gasteiger partial charge in [-0.15, -0.1) is 0 Å². The van der Waals surface area contributed by atoms with Crippen LogP contribution >= 0.6 is 11.6 Å². The molecule has 1 heterocycles. The van der Waals surface area contributed by atoms with Crippen LogP contribution in [0.4, 0.5) is 0 Å². The molecule has 1 aliphatic heterocycles. The van der Waals surface area contributed by atoms with Crippen LogP contribution in [-0.4, -0.2) is 17.9 Å². The van der Waals surface area contributed by atoms with E-state index in [-0.39, 0.29) is 17.1 Å². The molecule has 2 aromatic carbocycles. The van der Waals surface area contributed by atoms with E-state index in [4.69, 9.17) is 25.8 Å². The van der Waals surface area contributed by atoms with Crippen molar-refractivity contribution in [3.63, 3.8) is 0 Å². The van der Waals surface area contributed by atoms with E-state index in [2.05, 4.69) is 0 Å². The maximum atomic E-state index is 12.2. The summed E-state index contributed by atoms with van der Waals surface area (Å²) in [5.74, 6) is -0.834. The Morgan fingerprint density at radius 3 is 2.32 bits per heavy atom. The van der Waals surface area contributed by atoms with E-state index in [1.165, 1.54) is 32.1 Å². The second-order valence-electron chi connectivity index (χ2n) is 5.89. The van der Waals surface area contributed by atoms with E-state index in [0.717, 1.165) is 0 Å². The van der Waals surface area contributed by atoms with Gasteiger partial charge in [0.05, 0.1) is 5.57 Å². The summed E-state index contributed by atoms with van der Waals surface area (Å²) in [7, 11) is 0. The van der Waals surface area contributed by atoms with Crippen LogP contribution in [0.5, 0.6) is 11.5 Å². The first-order valence-corrected chi connectivity index (χ1v) is 8.62. The predicted molar refractivity (Wildman–Crippen MR) is 103 cm³/mol. The van der Waals surface area contributed by atoms with E-state index in [1.54, 1.807) is 36.4 Å². The summed E-state index contributed by atoms with van der Waals surface area (Å²) in [6.45, 7) is 2.51. The molecule has 0 aliphatic carbocycles. The Balaban J connectivity index is 1.96. The molecule has 0 fully saturated rings. The van der Waals surface area contributed by atoms with Crippen molar-refractivity contribution in [1.82, 2.24) is 0 Å². The first-order chi connectivity index (χ1) is 13.3. The lowest BCUT2D eigenvalue weighted by Crippen LogP contribution is -2.05. The molecule has 0 radical (unpaired) electrons. The average Bonchev–Trinajstić information content (AvgIpc) is 2.97. The number of cyclic esters (lactones) is 1. The van der Waals surface area contributed by atoms with Crippen molar-refractivity contribution >= 4 is 41.3 Å². The SMILES string of the molecule is CC(=O)Oc1ccc(/C=C2\C=C(c3ccc(Cl)cc3)OC2=O)c(OC(C)=O)c1. The molecule has 0 aromatic heterocycles. The molecule has 0 spiro atoms. The van der Waals surface area contributed by atoms with Gasteiger partial charge >= 0.3 is 17.9 Å². The van der Waals surface area contributed by atoms with Gasteiger partial charge in [-0.2, -0.15) is 0 Å². The second-order valence-corrected chi connectivity index (χ2v) is 6.33. The monoisotopic (exact) mass is 398 g/mol. The van der Waals surface area contributed by atoms with Crippen molar-refractivity contribution in [2.24, 2.45) is 0 Å². The molecule has 0 atom stereocenters. The molecule has 142 valence electrons. The minimum atomic E-state index is -0.550. The molecule has 0 bridgehead atoms. The molecule has 2 aromatic rings. The number of ether oxygens (including phenoxy) is 3. The quantitative estimate of drug-likeness (QED) is 0.437. The minimum Gasteiger partial charge on any atom is -0.427 e. The summed E-state index contributed by atoms with van der Waals surface area (Å²) in [6.07, 6.45) is 3.12. The van der Waals surface area contributed by atoms with Crippen LogP contribution in [0.25, 0.3) is 11.8 Å². The highest BCUT2D eigenvalue weighted by Crippen LogP contribution is 2.32. The Morgan fingerprint density at radius 2 is 1.68 bits per heavy atom. The zero-order chi connectivity index (χ0) is 20.3. The number of rotatable bonds is 4. The fraction of sp³-hybridized carbons (Fsp3) is 0.0952. The van der Waals surface area contributed by atoms with Gasteiger partial charge in [-0.1, -0.05) is 11.6 Å². The van der Waals surface area contributed by atoms with Crippen molar-refractivity contribution in [2.75, 3.05) is 0 Å². The molecule has 6 nitrogen and oxygen atoms in total. The van der Waals surface area contributed by atoms with Crippen molar-refractivity contribution < 1.29 is 28.6 Å². The van der Waals surface area contributed by atoms with Gasteiger partial charge in [0.15, 0.2) is 0 Å². The first kappa shape index (κ1) is 19.4. The van der Waals surface area contributed by atoms with Gasteiger partial charge in [-0.05, 0) is 48.6 Å². The van der Waals surface area contributed by atoms with Crippen LogP contribution < -0.4 is 9.47 Å². The lowest BCUT2D eigenvalue weighted by atomic mass is 10.1. The van der Waals surface area contributed by atoms with Crippen LogP contribution in [-0.2, 0) is 19.1 Å². The molecule has 0 saturated carbocycles. The third-order valence-electron chi connectivity index (χ3n) is 3.66. The number of hydrogen-bond donors (Lipinski definition) is 0. The zero-order valence-electron chi connectivity index (χ0n) is 15.0. The van der Waals surface area contributed by atoms with E-state index in [1.807, 2.05) is 0 Å². The third kappa shape index (κ3) is 4.66. The Morgan fingerprint density at radius 1 is 1.00 bits per heavy atom. The maximum absolute atomic E-state index is 12.2. The number of carbonyl (C=O) groups is 3. The largest absolute Gasteiger partial charge is 0.427 e. The Hall–Kier alpha value is -3.38. The summed E-state index contributed by atoms with van der Waals surface area (Å²) in [5.41, 5.74) is 1.43. The number of benzene rings is 2. The van der Waals surface area contributed by atoms with Crippen LogP contribution in [0.3, 0.4) is 0 Å². The number of halogens is 1. The van der Waals surface area contributed by atoms with Gasteiger partial charge in [-0.3, -0.25) is 9.59 Å². The summed E-state index contributed by atoms with van der Waals surface area (Å²) >= 11 is 5.87. The fourth-order valence-corrected chi connectivity index (χ4v) is 2.65. The first-order valence-electron chi connectivity index (χ1n) is 8.24. The van der Waals surface area contributed by atoms with Crippen molar-refractivity contribution in [2.45, 2.75) is 13.8 Å². The topological polar surface area (TPSA) is 78.9 Å². The average molecular weight is 399 g/mol. The summed E-state index contributed by atoms with van der Waals surface area (Å²) in [6, 6.07) is 11.4. The third-order valence-corrected chi connectivity index (χ3v) is 3.92. The number of esters is 3. The summed E-state index contributed by atoms with van der Waals surface area (Å²) in [4.78, 5) is 34.8. The van der Waals surface area contributed by atoms with E-state index in [0.29, 0.717) is 21.9 Å². The van der Waals surface area contributed by atoms with E-state index < -0.39 is 17.9 Å². The van der Waals surface area contributed by atoms with Crippen LogP contribution in [0.15, 0.2) is 54.1 Å². The Bertz CT molecular complexity index is 1020. The van der Waals surface area contributed by atoms with Crippen LogP contribution in [0.1, 0.15) is 25.0 Å². The highest BCUT2D eigenvalue weighted by molar-refractivity contribution is 6.30. The van der Waals surface area contributed by atoms with Gasteiger partial charge in [-0.25, -0.2) is 4.79 Å². The van der Waals surface area contributed by atoms with E-state index in [9.17, 15) is 14.4 Å². The van der Waals surface area contributed by atoms with Gasteiger partial charge in [0.2, 0.25) is 0 Å². The molecule has 3 rings (SSSR count). The molecule has 0 unspecified atom stereocenters. The van der Waals surface area contributed by atoms with Gasteiger partial charge in [0.25, 0.3) is 0 Å². The summed E-state index contributed by atoms with van der Waals surface area (Å²) in [5, 5.41) is 0.573. The normalized spacial score (nSPS) is 14.5. The molecule has 1 aliphatic rings. The second kappa shape index (κ2) is 8.10. The fourth-order valence-electron chi connectivity index (χ4n) is 2.52. The number of hydrogen-bond acceptors (Lipinski definition) is 6. The predicted octanol–water partition coefficient (Wildman–Crippen LogP) is 4.17. The standard InChI is InChI=1S/C21H15ClO6/c1-12(23)26-18-8-5-15(20(11-18)27-13(2)24)9-16-10-19(28-21(16)25)14-3-6-17(22)7-4-14/h3-11H,1-2H3/b16-9+. The van der Waals surface area contributed by atoms with Gasteiger partial charge in [0.1, 0.15) is 17.3 Å². The molecule has 0 saturated heterocycles. The van der Waals surface area contributed by atoms with Crippen LogP contribution in [0.2, 0.25) is 5.02 Å². The van der Waals surface area contributed by atoms with Gasteiger partial charge < -0.3 is 14.2 Å². The highest BCUT2D eigenvalue weighted by atomic mass is 35.5. The molecule has 28 heavy (non-hydrogen) atoms. The van der Waals surface area contributed by atoms with Crippen molar-refractivity contribution in [1.29, 1.82) is 0 Å². The van der Waals surface area contributed by atoms with Crippen molar-refractivity contribution in [3.05, 3.63) is 70.3 Å². The zero-order valence-corrected chi connectivity index (χ0v) is 15.8. The smallest absolute Gasteiger partial charge is 0.343 e. The minimum absolute atomic E-state index is 0.153.